The minimum absolute atomic E-state index is 0.522. The van der Waals surface area contributed by atoms with Gasteiger partial charge in [-0.05, 0) is 78.0 Å². The van der Waals surface area contributed by atoms with Gasteiger partial charge in [-0.2, -0.15) is 0 Å². The molecule has 3 N–H and O–H groups in total. The molecule has 0 aliphatic carbocycles. The minimum Gasteiger partial charge on any atom is -0.454 e. The summed E-state index contributed by atoms with van der Waals surface area (Å²) in [6.45, 7) is 1.93. The highest BCUT2D eigenvalue weighted by atomic mass is 127. The fourth-order valence-corrected chi connectivity index (χ4v) is 3.12. The lowest BCUT2D eigenvalue weighted by Crippen LogP contribution is -1.98. The van der Waals surface area contributed by atoms with Gasteiger partial charge in [-0.1, -0.05) is 0 Å². The van der Waals surface area contributed by atoms with E-state index in [1.54, 1.807) is 12.5 Å². The molecule has 7 heteroatoms. The molecule has 0 aliphatic heterocycles. The molecule has 0 atom stereocenters. The third-order valence-electron chi connectivity index (χ3n) is 3.98. The molecule has 2 aromatic carbocycles. The summed E-state index contributed by atoms with van der Waals surface area (Å²) >= 11 is 2.27. The van der Waals surface area contributed by atoms with Crippen molar-refractivity contribution in [3.8, 4) is 11.5 Å². The summed E-state index contributed by atoms with van der Waals surface area (Å²) in [7, 11) is 0. The molecule has 2 heterocycles. The van der Waals surface area contributed by atoms with Crippen LogP contribution in [0.5, 0.6) is 11.5 Å². The number of fused-ring (bicyclic) bond motifs is 1. The molecule has 0 bridgehead atoms. The molecule has 0 unspecified atom stereocenters. The quantitative estimate of drug-likeness (QED) is 0.321. The summed E-state index contributed by atoms with van der Waals surface area (Å²) in [5.41, 5.74) is 9.33. The molecule has 4 rings (SSSR count). The van der Waals surface area contributed by atoms with Crippen LogP contribution in [0.1, 0.15) is 5.69 Å². The highest BCUT2D eigenvalue weighted by molar-refractivity contribution is 14.1. The lowest BCUT2D eigenvalue weighted by molar-refractivity contribution is 0.482. The van der Waals surface area contributed by atoms with Gasteiger partial charge in [-0.25, -0.2) is 9.97 Å². The van der Waals surface area contributed by atoms with E-state index in [4.69, 9.17) is 10.5 Å². The van der Waals surface area contributed by atoms with Crippen molar-refractivity contribution in [1.29, 1.82) is 0 Å². The van der Waals surface area contributed by atoms with Crippen LogP contribution in [-0.2, 0) is 0 Å². The van der Waals surface area contributed by atoms with Crippen molar-refractivity contribution < 1.29 is 4.74 Å². The monoisotopic (exact) mass is 469 g/mol. The van der Waals surface area contributed by atoms with Gasteiger partial charge in [0.1, 0.15) is 17.9 Å². The van der Waals surface area contributed by atoms with Crippen LogP contribution in [0, 0.1) is 10.5 Å². The van der Waals surface area contributed by atoms with Crippen molar-refractivity contribution in [2.45, 2.75) is 6.92 Å². The molecule has 0 aliphatic rings. The maximum absolute atomic E-state index is 6.17. The first-order chi connectivity index (χ1) is 13.1. The van der Waals surface area contributed by atoms with E-state index in [2.05, 4.69) is 42.9 Å². The van der Waals surface area contributed by atoms with E-state index in [9.17, 15) is 0 Å². The van der Waals surface area contributed by atoms with Crippen LogP contribution in [0.3, 0.4) is 0 Å². The SMILES string of the molecule is Cc1ccc(Oc2ccc(Nc3ncnc4ccc(I)cc34)cc2N)cn1. The molecule has 27 heavy (non-hydrogen) atoms. The Morgan fingerprint density at radius 2 is 1.89 bits per heavy atom. The number of pyridine rings is 1. The van der Waals surface area contributed by atoms with Gasteiger partial charge in [-0.3, -0.25) is 4.98 Å². The molecule has 134 valence electrons. The van der Waals surface area contributed by atoms with Crippen LogP contribution in [-0.4, -0.2) is 15.0 Å². The van der Waals surface area contributed by atoms with Gasteiger partial charge in [0.2, 0.25) is 0 Å². The maximum atomic E-state index is 6.17. The number of hydrogen-bond donors (Lipinski definition) is 2. The highest BCUT2D eigenvalue weighted by Gasteiger charge is 2.08. The van der Waals surface area contributed by atoms with Crippen LogP contribution < -0.4 is 15.8 Å². The second-order valence-corrected chi connectivity index (χ2v) is 7.24. The van der Waals surface area contributed by atoms with Gasteiger partial charge < -0.3 is 15.8 Å². The van der Waals surface area contributed by atoms with Crippen molar-refractivity contribution >= 4 is 50.7 Å². The summed E-state index contributed by atoms with van der Waals surface area (Å²) in [5, 5.41) is 4.26. The average Bonchev–Trinajstić information content (AvgIpc) is 2.66. The van der Waals surface area contributed by atoms with E-state index in [1.165, 1.54) is 0 Å². The van der Waals surface area contributed by atoms with Crippen molar-refractivity contribution in [1.82, 2.24) is 15.0 Å². The van der Waals surface area contributed by atoms with E-state index < -0.39 is 0 Å². The Labute approximate surface area is 170 Å². The normalized spacial score (nSPS) is 10.7. The summed E-state index contributed by atoms with van der Waals surface area (Å²) in [4.78, 5) is 12.9. The maximum Gasteiger partial charge on any atom is 0.150 e. The zero-order valence-electron chi connectivity index (χ0n) is 14.5. The first-order valence-electron chi connectivity index (χ1n) is 8.26. The second-order valence-electron chi connectivity index (χ2n) is 6.00. The summed E-state index contributed by atoms with van der Waals surface area (Å²) in [6.07, 6.45) is 3.22. The van der Waals surface area contributed by atoms with Gasteiger partial charge in [0, 0.05) is 20.3 Å². The fraction of sp³-hybridized carbons (Fsp3) is 0.0500. The Balaban J connectivity index is 1.60. The number of rotatable bonds is 4. The molecule has 0 spiro atoms. The average molecular weight is 469 g/mol. The Morgan fingerprint density at radius 1 is 1.00 bits per heavy atom. The standard InChI is InChI=1S/C20H16IN5O/c1-12-2-5-15(10-23-12)27-19-7-4-14(9-17(19)22)26-20-16-8-13(21)3-6-18(16)24-11-25-20/h2-11H,22H2,1H3,(H,24,25,26). The van der Waals surface area contributed by atoms with Gasteiger partial charge in [0.05, 0.1) is 17.4 Å². The zero-order chi connectivity index (χ0) is 18.8. The molecule has 2 aromatic heterocycles. The first kappa shape index (κ1) is 17.5. The van der Waals surface area contributed by atoms with Crippen molar-refractivity contribution in [2.75, 3.05) is 11.1 Å². The molecular formula is C20H16IN5O. The van der Waals surface area contributed by atoms with Crippen LogP contribution in [0.2, 0.25) is 0 Å². The number of hydrogen-bond acceptors (Lipinski definition) is 6. The van der Waals surface area contributed by atoms with Crippen LogP contribution in [0.15, 0.2) is 61.1 Å². The van der Waals surface area contributed by atoms with Gasteiger partial charge in [-0.15, -0.1) is 0 Å². The largest absolute Gasteiger partial charge is 0.454 e. The van der Waals surface area contributed by atoms with Crippen molar-refractivity contribution in [3.63, 3.8) is 0 Å². The number of benzene rings is 2. The molecule has 6 nitrogen and oxygen atoms in total. The predicted octanol–water partition coefficient (Wildman–Crippen LogP) is 5.06. The molecule has 0 amide bonds. The van der Waals surface area contributed by atoms with Crippen molar-refractivity contribution in [2.24, 2.45) is 0 Å². The summed E-state index contributed by atoms with van der Waals surface area (Å²) in [6, 6.07) is 15.3. The fourth-order valence-electron chi connectivity index (χ4n) is 2.63. The minimum atomic E-state index is 0.522. The van der Waals surface area contributed by atoms with Crippen LogP contribution >= 0.6 is 22.6 Å². The number of anilines is 3. The molecule has 4 aromatic rings. The van der Waals surface area contributed by atoms with E-state index in [-0.39, 0.29) is 0 Å². The van der Waals surface area contributed by atoms with Crippen LogP contribution in [0.25, 0.3) is 10.9 Å². The molecule has 0 fully saturated rings. The Hall–Kier alpha value is -2.94. The smallest absolute Gasteiger partial charge is 0.150 e. The third kappa shape index (κ3) is 3.92. The number of nitrogens with zero attached hydrogens (tertiary/aromatic N) is 3. The Kier molecular flexibility index (Phi) is 4.76. The first-order valence-corrected chi connectivity index (χ1v) is 9.34. The van der Waals surface area contributed by atoms with Gasteiger partial charge in [0.25, 0.3) is 0 Å². The van der Waals surface area contributed by atoms with Gasteiger partial charge >= 0.3 is 0 Å². The lowest BCUT2D eigenvalue weighted by atomic mass is 10.2. The summed E-state index contributed by atoms with van der Waals surface area (Å²) < 4.78 is 6.93. The number of ether oxygens (including phenoxy) is 1. The third-order valence-corrected chi connectivity index (χ3v) is 4.65. The lowest BCUT2D eigenvalue weighted by Gasteiger charge is -2.12. The number of nitrogen functional groups attached to an aromatic ring is 1. The highest BCUT2D eigenvalue weighted by Crippen LogP contribution is 2.31. The van der Waals surface area contributed by atoms with Crippen molar-refractivity contribution in [3.05, 3.63) is 70.3 Å². The molecule has 0 saturated carbocycles. The number of halogens is 1. The number of aryl methyl sites for hydroxylation is 1. The second kappa shape index (κ2) is 7.36. The van der Waals surface area contributed by atoms with E-state index in [0.29, 0.717) is 17.2 Å². The summed E-state index contributed by atoms with van der Waals surface area (Å²) in [5.74, 6) is 1.95. The number of aromatic nitrogens is 3. The zero-order valence-corrected chi connectivity index (χ0v) is 16.6. The Morgan fingerprint density at radius 3 is 2.67 bits per heavy atom. The Bertz CT molecular complexity index is 1120. The topological polar surface area (TPSA) is 86.0 Å². The van der Waals surface area contributed by atoms with Crippen LogP contribution in [0.4, 0.5) is 17.2 Å². The molecule has 0 saturated heterocycles. The predicted molar refractivity (Wildman–Crippen MR) is 115 cm³/mol. The van der Waals surface area contributed by atoms with E-state index >= 15 is 0 Å². The molecule has 0 radical (unpaired) electrons. The number of nitrogens with two attached hydrogens (primary N) is 1. The van der Waals surface area contributed by atoms with E-state index in [1.807, 2.05) is 55.5 Å². The molecular weight excluding hydrogens is 453 g/mol. The van der Waals surface area contributed by atoms with Gasteiger partial charge in [0.15, 0.2) is 5.75 Å². The van der Waals surface area contributed by atoms with E-state index in [0.717, 1.165) is 31.7 Å². The number of nitrogens with one attached hydrogen (secondary N) is 1.